The Morgan fingerprint density at radius 3 is 2.70 bits per heavy atom. The highest BCUT2D eigenvalue weighted by Crippen LogP contribution is 2.32. The van der Waals surface area contributed by atoms with E-state index in [0.29, 0.717) is 40.6 Å². The molecule has 0 spiro atoms. The number of nitrogen functional groups attached to an aromatic ring is 1. The molecule has 0 aliphatic heterocycles. The monoisotopic (exact) mass is 383 g/mol. The number of benzene rings is 1. The van der Waals surface area contributed by atoms with Crippen molar-refractivity contribution in [2.24, 2.45) is 7.05 Å². The molecule has 0 fully saturated rings. The van der Waals surface area contributed by atoms with Crippen molar-refractivity contribution in [3.8, 4) is 11.3 Å². The molecular weight excluding hydrogens is 369 g/mol. The number of aromatic nitrogens is 5. The molecule has 4 rings (SSSR count). The fraction of sp³-hybridized carbons (Fsp3) is 0.111. The molecule has 7 nitrogen and oxygen atoms in total. The Bertz CT molecular complexity index is 1130. The summed E-state index contributed by atoms with van der Waals surface area (Å²) in [6.45, 7) is 0.514. The molecule has 0 saturated carbocycles. The smallest absolute Gasteiger partial charge is 0.225 e. The zero-order valence-corrected chi connectivity index (χ0v) is 15.1. The normalized spacial score (nSPS) is 11.1. The number of anilines is 2. The van der Waals surface area contributed by atoms with E-state index in [0.717, 1.165) is 5.56 Å². The van der Waals surface area contributed by atoms with E-state index < -0.39 is 5.82 Å². The van der Waals surface area contributed by atoms with Gasteiger partial charge in [0.1, 0.15) is 11.6 Å². The van der Waals surface area contributed by atoms with Crippen molar-refractivity contribution in [2.75, 3.05) is 11.1 Å². The van der Waals surface area contributed by atoms with Gasteiger partial charge in [-0.15, -0.1) is 0 Å². The number of halogens is 2. The van der Waals surface area contributed by atoms with Gasteiger partial charge in [0.25, 0.3) is 0 Å². The lowest BCUT2D eigenvalue weighted by atomic mass is 10.1. The van der Waals surface area contributed by atoms with E-state index in [1.165, 1.54) is 16.8 Å². The van der Waals surface area contributed by atoms with Crippen molar-refractivity contribution < 1.29 is 4.39 Å². The highest BCUT2D eigenvalue weighted by Gasteiger charge is 2.18. The molecule has 3 heterocycles. The molecule has 27 heavy (non-hydrogen) atoms. The topological polar surface area (TPSA) is 94.5 Å². The molecule has 9 heteroatoms. The summed E-state index contributed by atoms with van der Waals surface area (Å²) < 4.78 is 15.1. The van der Waals surface area contributed by atoms with Crippen LogP contribution in [0.5, 0.6) is 0 Å². The minimum absolute atomic E-state index is 0.00742. The maximum atomic E-state index is 13.6. The van der Waals surface area contributed by atoms with Gasteiger partial charge in [-0.1, -0.05) is 11.6 Å². The third kappa shape index (κ3) is 3.26. The van der Waals surface area contributed by atoms with Crippen LogP contribution in [0.25, 0.3) is 22.3 Å². The second-order valence-corrected chi connectivity index (χ2v) is 6.35. The molecule has 0 amide bonds. The Morgan fingerprint density at radius 2 is 1.96 bits per heavy atom. The first-order valence-corrected chi connectivity index (χ1v) is 8.49. The van der Waals surface area contributed by atoms with Crippen LogP contribution in [0.3, 0.4) is 0 Å². The van der Waals surface area contributed by atoms with Gasteiger partial charge >= 0.3 is 0 Å². The average molecular weight is 384 g/mol. The molecule has 136 valence electrons. The maximum Gasteiger partial charge on any atom is 0.225 e. The first-order chi connectivity index (χ1) is 13.0. The molecule has 3 N–H and O–H groups in total. The van der Waals surface area contributed by atoms with Crippen molar-refractivity contribution >= 4 is 34.4 Å². The van der Waals surface area contributed by atoms with Crippen LogP contribution in [0, 0.1) is 5.82 Å². The maximum absolute atomic E-state index is 13.6. The Hall–Kier alpha value is -3.26. The van der Waals surface area contributed by atoms with Crippen LogP contribution in [0.4, 0.5) is 16.2 Å². The molecule has 0 aliphatic carbocycles. The Morgan fingerprint density at radius 1 is 1.19 bits per heavy atom. The minimum atomic E-state index is -0.499. The summed E-state index contributed by atoms with van der Waals surface area (Å²) >= 11 is 5.95. The van der Waals surface area contributed by atoms with E-state index in [1.54, 1.807) is 25.5 Å². The third-order valence-electron chi connectivity index (χ3n) is 4.13. The molecule has 0 unspecified atom stereocenters. The van der Waals surface area contributed by atoms with Gasteiger partial charge in [-0.25, -0.2) is 9.37 Å². The first-order valence-electron chi connectivity index (χ1n) is 8.11. The predicted molar refractivity (Wildman–Crippen MR) is 103 cm³/mol. The Kier molecular flexibility index (Phi) is 4.33. The molecule has 3 aromatic heterocycles. The Labute approximate surface area is 159 Å². The van der Waals surface area contributed by atoms with Crippen molar-refractivity contribution in [2.45, 2.75) is 6.54 Å². The highest BCUT2D eigenvalue weighted by atomic mass is 35.5. The van der Waals surface area contributed by atoms with Crippen molar-refractivity contribution in [3.05, 3.63) is 59.1 Å². The van der Waals surface area contributed by atoms with Crippen molar-refractivity contribution in [3.63, 3.8) is 0 Å². The van der Waals surface area contributed by atoms with Crippen molar-refractivity contribution in [1.82, 2.24) is 24.7 Å². The molecule has 0 bridgehead atoms. The van der Waals surface area contributed by atoms with Crippen LogP contribution in [-0.4, -0.2) is 24.7 Å². The van der Waals surface area contributed by atoms with Crippen LogP contribution in [-0.2, 0) is 13.6 Å². The van der Waals surface area contributed by atoms with Gasteiger partial charge in [0, 0.05) is 31.5 Å². The van der Waals surface area contributed by atoms with E-state index in [9.17, 15) is 4.39 Å². The molecule has 0 aliphatic rings. The summed E-state index contributed by atoms with van der Waals surface area (Å²) in [5, 5.41) is 8.11. The number of nitrogens with one attached hydrogen (secondary N) is 1. The van der Waals surface area contributed by atoms with Crippen molar-refractivity contribution in [1.29, 1.82) is 0 Å². The fourth-order valence-electron chi connectivity index (χ4n) is 2.73. The van der Waals surface area contributed by atoms with Gasteiger partial charge in [-0.2, -0.15) is 10.1 Å². The van der Waals surface area contributed by atoms with E-state index in [2.05, 4.69) is 25.4 Å². The summed E-state index contributed by atoms with van der Waals surface area (Å²) in [5.41, 5.74) is 8.77. The number of fused-ring (bicyclic) bond motifs is 1. The number of aryl methyl sites for hydroxylation is 1. The van der Waals surface area contributed by atoms with Gasteiger partial charge in [0.05, 0.1) is 16.1 Å². The standard InChI is InChI=1S/C18H15ClFN7/c1-27-16(21)14-15(11-2-3-13(20)12(19)8-11)24-18(25-17(14)26-27)23-9-10-4-6-22-7-5-10/h2-8H,9,21H2,1H3,(H,23,25,26). The molecule has 1 aromatic carbocycles. The van der Waals surface area contributed by atoms with E-state index >= 15 is 0 Å². The van der Waals surface area contributed by atoms with Crippen LogP contribution in [0.1, 0.15) is 5.56 Å². The SMILES string of the molecule is Cn1nc2nc(NCc3ccncc3)nc(-c3ccc(F)c(Cl)c3)c2c1N. The van der Waals surface area contributed by atoms with Gasteiger partial charge in [0.2, 0.25) is 5.95 Å². The zero-order chi connectivity index (χ0) is 19.0. The van der Waals surface area contributed by atoms with Gasteiger partial charge in [0.15, 0.2) is 5.65 Å². The zero-order valence-electron chi connectivity index (χ0n) is 14.3. The number of nitrogens with zero attached hydrogens (tertiary/aromatic N) is 5. The second kappa shape index (κ2) is 6.81. The van der Waals surface area contributed by atoms with Crippen LogP contribution in [0.15, 0.2) is 42.7 Å². The molecular formula is C18H15ClFN7. The number of hydrogen-bond donors (Lipinski definition) is 2. The van der Waals surface area contributed by atoms with Crippen LogP contribution < -0.4 is 11.1 Å². The molecule has 0 atom stereocenters. The Balaban J connectivity index is 1.81. The summed E-state index contributed by atoms with van der Waals surface area (Å²) in [6.07, 6.45) is 3.43. The van der Waals surface area contributed by atoms with Crippen LogP contribution >= 0.6 is 11.6 Å². The number of nitrogens with two attached hydrogens (primary N) is 1. The summed E-state index contributed by atoms with van der Waals surface area (Å²) in [7, 11) is 1.72. The lowest BCUT2D eigenvalue weighted by molar-refractivity contribution is 0.628. The quantitative estimate of drug-likeness (QED) is 0.560. The minimum Gasteiger partial charge on any atom is -0.383 e. The highest BCUT2D eigenvalue weighted by molar-refractivity contribution is 6.31. The van der Waals surface area contributed by atoms with Gasteiger partial charge in [-0.3, -0.25) is 9.67 Å². The van der Waals surface area contributed by atoms with Crippen LogP contribution in [0.2, 0.25) is 5.02 Å². The summed E-state index contributed by atoms with van der Waals surface area (Å²) in [5.74, 6) is 0.301. The first kappa shape index (κ1) is 17.2. The summed E-state index contributed by atoms with van der Waals surface area (Å²) in [6, 6.07) is 8.19. The fourth-order valence-corrected chi connectivity index (χ4v) is 2.91. The average Bonchev–Trinajstić information content (AvgIpc) is 2.96. The number of rotatable bonds is 4. The van der Waals surface area contributed by atoms with E-state index in [1.807, 2.05) is 12.1 Å². The van der Waals surface area contributed by atoms with Gasteiger partial charge < -0.3 is 11.1 Å². The molecule has 0 radical (unpaired) electrons. The summed E-state index contributed by atoms with van der Waals surface area (Å²) in [4.78, 5) is 13.0. The number of pyridine rings is 1. The molecule has 4 aromatic rings. The second-order valence-electron chi connectivity index (χ2n) is 5.94. The van der Waals surface area contributed by atoms with E-state index in [4.69, 9.17) is 17.3 Å². The lowest BCUT2D eigenvalue weighted by Gasteiger charge is -2.09. The third-order valence-corrected chi connectivity index (χ3v) is 4.42. The predicted octanol–water partition coefficient (Wildman–Crippen LogP) is 3.41. The largest absolute Gasteiger partial charge is 0.383 e. The lowest BCUT2D eigenvalue weighted by Crippen LogP contribution is -2.05. The van der Waals surface area contributed by atoms with Gasteiger partial charge in [-0.05, 0) is 35.9 Å². The molecule has 0 saturated heterocycles. The number of hydrogen-bond acceptors (Lipinski definition) is 6. The van der Waals surface area contributed by atoms with E-state index in [-0.39, 0.29) is 5.02 Å².